The molecule has 2 heterocycles. The number of hydrogen-bond acceptors (Lipinski definition) is 4. The van der Waals surface area contributed by atoms with E-state index in [4.69, 9.17) is 10.5 Å². The molecule has 1 aromatic heterocycles. The van der Waals surface area contributed by atoms with Crippen LogP contribution in [0.25, 0.3) is 5.70 Å². The maximum absolute atomic E-state index is 13.5. The van der Waals surface area contributed by atoms with Gasteiger partial charge in [-0.1, -0.05) is 44.1 Å². The van der Waals surface area contributed by atoms with Crippen molar-refractivity contribution < 1.29 is 9.53 Å². The normalized spacial score (nSPS) is 16.1. The molecule has 0 spiro atoms. The summed E-state index contributed by atoms with van der Waals surface area (Å²) in [6, 6.07) is 7.62. The molecule has 2 fully saturated rings. The maximum atomic E-state index is 13.5. The zero-order valence-electron chi connectivity index (χ0n) is 22.8. The van der Waals surface area contributed by atoms with Gasteiger partial charge in [-0.15, -0.1) is 0 Å². The highest BCUT2D eigenvalue weighted by molar-refractivity contribution is 7.99. The number of allylic oxidation sites excluding steroid dienone is 2. The van der Waals surface area contributed by atoms with E-state index in [1.54, 1.807) is 19.3 Å². The van der Waals surface area contributed by atoms with Gasteiger partial charge in [0.25, 0.3) is 5.91 Å². The van der Waals surface area contributed by atoms with Gasteiger partial charge in [0.15, 0.2) is 0 Å². The third kappa shape index (κ3) is 7.34. The van der Waals surface area contributed by atoms with E-state index in [0.717, 1.165) is 35.4 Å². The van der Waals surface area contributed by atoms with E-state index in [2.05, 4.69) is 47.0 Å². The summed E-state index contributed by atoms with van der Waals surface area (Å²) in [7, 11) is 1.66. The minimum absolute atomic E-state index is 0.0363. The van der Waals surface area contributed by atoms with Gasteiger partial charge < -0.3 is 20.4 Å². The summed E-state index contributed by atoms with van der Waals surface area (Å²) in [6.45, 7) is 10.5. The number of aromatic nitrogens is 1. The number of ether oxygens (including phenoxy) is 1. The lowest BCUT2D eigenvalue weighted by Crippen LogP contribution is -2.18. The lowest BCUT2D eigenvalue weighted by Gasteiger charge is -2.16. The molecule has 37 heavy (non-hydrogen) atoms. The van der Waals surface area contributed by atoms with E-state index < -0.39 is 0 Å². The van der Waals surface area contributed by atoms with Gasteiger partial charge in [0, 0.05) is 41.7 Å². The van der Waals surface area contributed by atoms with Gasteiger partial charge in [-0.05, 0) is 80.7 Å². The molecule has 0 atom stereocenters. The Morgan fingerprint density at radius 1 is 1.22 bits per heavy atom. The Labute approximate surface area is 226 Å². The van der Waals surface area contributed by atoms with Crippen LogP contribution in [0.3, 0.4) is 0 Å². The first-order chi connectivity index (χ1) is 17.9. The second-order valence-electron chi connectivity index (χ2n) is 9.79. The summed E-state index contributed by atoms with van der Waals surface area (Å²) in [5, 5.41) is 3.02. The predicted octanol–water partition coefficient (Wildman–Crippen LogP) is 6.85. The average Bonchev–Trinajstić information content (AvgIpc) is 3.57. The van der Waals surface area contributed by atoms with E-state index in [1.807, 2.05) is 38.1 Å². The number of nitrogens with one attached hydrogen (secondary N) is 1. The van der Waals surface area contributed by atoms with Crippen molar-refractivity contribution in [2.75, 3.05) is 23.9 Å². The van der Waals surface area contributed by atoms with Crippen LogP contribution in [0.4, 0.5) is 5.69 Å². The van der Waals surface area contributed by atoms with Crippen LogP contribution in [-0.4, -0.2) is 29.1 Å². The molecule has 1 aromatic carbocycles. The van der Waals surface area contributed by atoms with E-state index in [1.165, 1.54) is 30.8 Å². The minimum Gasteiger partial charge on any atom is -0.398 e. The molecule has 5 nitrogen and oxygen atoms in total. The van der Waals surface area contributed by atoms with Gasteiger partial charge in [0.05, 0.1) is 12.2 Å². The Bertz CT molecular complexity index is 1160. The van der Waals surface area contributed by atoms with Crippen molar-refractivity contribution in [3.63, 3.8) is 0 Å². The van der Waals surface area contributed by atoms with Crippen molar-refractivity contribution in [2.45, 2.75) is 71.4 Å². The molecule has 1 saturated carbocycles. The van der Waals surface area contributed by atoms with Crippen LogP contribution in [-0.2, 0) is 16.9 Å². The van der Waals surface area contributed by atoms with Crippen LogP contribution >= 0.6 is 11.8 Å². The highest BCUT2D eigenvalue weighted by Gasteiger charge is 2.43. The number of nitrogens with two attached hydrogens (primary N) is 1. The molecule has 3 N–H and O–H groups in total. The minimum atomic E-state index is -0.221. The lowest BCUT2D eigenvalue weighted by atomic mass is 10.0. The number of nitrogens with zero attached hydrogens (tertiary/aromatic N) is 1. The predicted molar refractivity (Wildman–Crippen MR) is 158 cm³/mol. The molecule has 0 unspecified atom stereocenters. The zero-order valence-corrected chi connectivity index (χ0v) is 23.6. The van der Waals surface area contributed by atoms with Gasteiger partial charge in [-0.25, -0.2) is 0 Å². The van der Waals surface area contributed by atoms with E-state index in [0.29, 0.717) is 30.0 Å². The molecule has 1 saturated heterocycles. The smallest absolute Gasteiger partial charge is 0.259 e. The first-order valence-corrected chi connectivity index (χ1v) is 14.3. The fraction of sp³-hybridized carbons (Fsp3) is 0.452. The Hall–Kier alpha value is -2.88. The number of hydrogen-bond donors (Lipinski definition) is 2. The second kappa shape index (κ2) is 13.6. The number of amides is 1. The fourth-order valence-corrected chi connectivity index (χ4v) is 5.60. The summed E-state index contributed by atoms with van der Waals surface area (Å²) in [4.78, 5) is 13.5. The van der Waals surface area contributed by atoms with Gasteiger partial charge in [-0.3, -0.25) is 4.79 Å². The number of anilines is 1. The van der Waals surface area contributed by atoms with Crippen LogP contribution in [0.2, 0.25) is 0 Å². The molecule has 6 heteroatoms. The Balaban J connectivity index is 0.000000555. The average molecular weight is 520 g/mol. The van der Waals surface area contributed by atoms with Crippen LogP contribution in [0, 0.1) is 18.8 Å². The van der Waals surface area contributed by atoms with Gasteiger partial charge in [-0.2, -0.15) is 11.8 Å². The van der Waals surface area contributed by atoms with Crippen molar-refractivity contribution >= 4 is 29.1 Å². The summed E-state index contributed by atoms with van der Waals surface area (Å²) in [5.41, 5.74) is 11.5. The third-order valence-electron chi connectivity index (χ3n) is 6.72. The molecule has 4 rings (SSSR count). The number of methoxy groups -OCH3 is 1. The summed E-state index contributed by atoms with van der Waals surface area (Å²) < 4.78 is 7.36. The number of benzene rings is 1. The maximum Gasteiger partial charge on any atom is 0.259 e. The number of thioether (sulfide) groups is 1. The summed E-state index contributed by atoms with van der Waals surface area (Å²) >= 11 is 2.09. The monoisotopic (exact) mass is 519 g/mol. The summed E-state index contributed by atoms with van der Waals surface area (Å²) in [5.74, 6) is 9.02. The van der Waals surface area contributed by atoms with Crippen molar-refractivity contribution in [3.8, 4) is 11.8 Å². The Kier molecular flexibility index (Phi) is 10.5. The van der Waals surface area contributed by atoms with E-state index in [9.17, 15) is 4.79 Å². The van der Waals surface area contributed by atoms with Crippen molar-refractivity contribution in [1.29, 1.82) is 0 Å². The molecule has 1 amide bonds. The van der Waals surface area contributed by atoms with Crippen LogP contribution < -0.4 is 11.1 Å². The van der Waals surface area contributed by atoms with Gasteiger partial charge >= 0.3 is 0 Å². The first kappa shape index (κ1) is 28.7. The third-order valence-corrected chi connectivity index (χ3v) is 7.87. The second-order valence-corrected chi connectivity index (χ2v) is 11.0. The molecule has 1 aliphatic heterocycles. The summed E-state index contributed by atoms with van der Waals surface area (Å²) in [6.07, 6.45) is 10.6. The van der Waals surface area contributed by atoms with E-state index >= 15 is 0 Å². The molecule has 0 radical (unpaired) electrons. The first-order valence-electron chi connectivity index (χ1n) is 13.2. The molecule has 2 aromatic rings. The fourth-order valence-electron chi connectivity index (χ4n) is 4.58. The number of carbonyl (C=O) groups excluding carboxylic acids is 1. The highest BCUT2D eigenvalue weighted by Crippen LogP contribution is 2.47. The SMILES string of the molecule is C1CCSCC1.C=C/C=C(/N)c1c(C(=O)Nc2ccc(COC)cc2)c(C#CCC)n(C2(C)CC2)c1C. The van der Waals surface area contributed by atoms with Crippen LogP contribution in [0.15, 0.2) is 43.0 Å². The van der Waals surface area contributed by atoms with E-state index in [-0.39, 0.29) is 11.4 Å². The quantitative estimate of drug-likeness (QED) is 0.310. The van der Waals surface area contributed by atoms with Crippen molar-refractivity contribution in [1.82, 2.24) is 4.57 Å². The number of rotatable bonds is 7. The molecule has 198 valence electrons. The lowest BCUT2D eigenvalue weighted by molar-refractivity contribution is 0.102. The Morgan fingerprint density at radius 3 is 2.38 bits per heavy atom. The largest absolute Gasteiger partial charge is 0.398 e. The number of carbonyl (C=O) groups is 1. The van der Waals surface area contributed by atoms with Crippen LogP contribution in [0.1, 0.15) is 85.2 Å². The van der Waals surface area contributed by atoms with Crippen LogP contribution in [0.5, 0.6) is 0 Å². The van der Waals surface area contributed by atoms with Crippen molar-refractivity contribution in [3.05, 3.63) is 71.1 Å². The molecule has 0 bridgehead atoms. The molecular weight excluding hydrogens is 478 g/mol. The van der Waals surface area contributed by atoms with Gasteiger partial charge in [0.1, 0.15) is 5.69 Å². The Morgan fingerprint density at radius 2 is 1.89 bits per heavy atom. The highest BCUT2D eigenvalue weighted by atomic mass is 32.2. The molecular formula is C31H41N3O2S. The van der Waals surface area contributed by atoms with Crippen molar-refractivity contribution in [2.24, 2.45) is 5.73 Å². The molecule has 2 aliphatic rings. The standard InChI is InChI=1S/C26H31N3O2.C5H10S/c1-6-8-10-22-24(25(30)28-20-13-11-19(12-14-20)17-31-5)23(21(27)9-7-2)18(3)29(22)26(4)15-16-26;1-2-4-6-5-3-1/h7,9,11-14H,2,6,15-17,27H2,1,3-5H3,(H,28,30);1-5H2/b21-9+;. The molecule has 1 aliphatic carbocycles. The zero-order chi connectivity index (χ0) is 26.8. The topological polar surface area (TPSA) is 69.3 Å². The van der Waals surface area contributed by atoms with Gasteiger partial charge in [0.2, 0.25) is 0 Å².